The van der Waals surface area contributed by atoms with E-state index in [0.29, 0.717) is 19.5 Å². The molecule has 2 unspecified atom stereocenters. The van der Waals surface area contributed by atoms with Gasteiger partial charge < -0.3 is 15.3 Å². The van der Waals surface area contributed by atoms with Crippen molar-refractivity contribution in [3.63, 3.8) is 0 Å². The Balaban J connectivity index is 1.48. The molecule has 0 spiro atoms. The van der Waals surface area contributed by atoms with Crippen LogP contribution < -0.4 is 10.2 Å². The summed E-state index contributed by atoms with van der Waals surface area (Å²) < 4.78 is 0. The van der Waals surface area contributed by atoms with Crippen molar-refractivity contribution in [3.05, 3.63) is 66.2 Å². The number of nitrogens with zero attached hydrogens (tertiary/aromatic N) is 1. The fraction of sp³-hybridized carbons (Fsp3) is 0.300. The minimum atomic E-state index is -0.604. The lowest BCUT2D eigenvalue weighted by Gasteiger charge is -2.17. The van der Waals surface area contributed by atoms with E-state index in [4.69, 9.17) is 0 Å². The number of carbonyl (C=O) groups is 2. The maximum atomic E-state index is 12.3. The lowest BCUT2D eigenvalue weighted by molar-refractivity contribution is -0.126. The lowest BCUT2D eigenvalue weighted by Crippen LogP contribution is -2.34. The number of benzene rings is 2. The first-order valence-electron chi connectivity index (χ1n) is 8.51. The summed E-state index contributed by atoms with van der Waals surface area (Å²) in [6.07, 6.45) is 0.0633. The maximum Gasteiger partial charge on any atom is 0.227 e. The summed E-state index contributed by atoms with van der Waals surface area (Å²) in [4.78, 5) is 26.1. The summed E-state index contributed by atoms with van der Waals surface area (Å²) in [5, 5.41) is 13.0. The molecule has 2 aromatic carbocycles. The van der Waals surface area contributed by atoms with E-state index in [2.05, 4.69) is 5.32 Å². The van der Waals surface area contributed by atoms with Gasteiger partial charge in [-0.25, -0.2) is 0 Å². The van der Waals surface area contributed by atoms with E-state index in [1.54, 1.807) is 4.90 Å². The summed E-state index contributed by atoms with van der Waals surface area (Å²) >= 11 is 0. The number of carbonyl (C=O) groups excluding carboxylic acids is 2. The summed E-state index contributed by atoms with van der Waals surface area (Å²) in [5.74, 6) is -0.510. The third kappa shape index (κ3) is 4.25. The Hall–Kier alpha value is -2.66. The molecule has 25 heavy (non-hydrogen) atoms. The number of hydrogen-bond acceptors (Lipinski definition) is 3. The van der Waals surface area contributed by atoms with E-state index < -0.39 is 6.10 Å². The van der Waals surface area contributed by atoms with E-state index in [1.807, 2.05) is 60.7 Å². The lowest BCUT2D eigenvalue weighted by atomic mass is 10.1. The van der Waals surface area contributed by atoms with Crippen molar-refractivity contribution in [2.75, 3.05) is 18.0 Å². The number of para-hydroxylation sites is 1. The van der Waals surface area contributed by atoms with E-state index in [1.165, 1.54) is 0 Å². The predicted molar refractivity (Wildman–Crippen MR) is 95.9 cm³/mol. The Morgan fingerprint density at radius 3 is 2.44 bits per heavy atom. The standard InChI is InChI=1S/C20H22N2O3/c23-18(15-7-3-1-4-8-15)11-12-21-20(25)16-13-19(24)22(14-16)17-9-5-2-6-10-17/h1-10,16,18,23H,11-14H2,(H,21,25). The minimum absolute atomic E-state index is 0.0318. The number of anilines is 1. The van der Waals surface area contributed by atoms with Crippen molar-refractivity contribution in [1.29, 1.82) is 0 Å². The Morgan fingerprint density at radius 1 is 1.12 bits per heavy atom. The van der Waals surface area contributed by atoms with Crippen molar-refractivity contribution in [2.24, 2.45) is 5.92 Å². The topological polar surface area (TPSA) is 69.6 Å². The molecule has 1 saturated heterocycles. The fourth-order valence-electron chi connectivity index (χ4n) is 3.06. The van der Waals surface area contributed by atoms with Gasteiger partial charge in [-0.2, -0.15) is 0 Å². The first kappa shape index (κ1) is 17.2. The second-order valence-electron chi connectivity index (χ2n) is 6.25. The largest absolute Gasteiger partial charge is 0.388 e. The average Bonchev–Trinajstić information content (AvgIpc) is 3.05. The van der Waals surface area contributed by atoms with Gasteiger partial charge in [-0.1, -0.05) is 48.5 Å². The van der Waals surface area contributed by atoms with Crippen LogP contribution in [-0.4, -0.2) is 30.0 Å². The van der Waals surface area contributed by atoms with Crippen LogP contribution in [0.25, 0.3) is 0 Å². The second-order valence-corrected chi connectivity index (χ2v) is 6.25. The maximum absolute atomic E-state index is 12.3. The van der Waals surface area contributed by atoms with Crippen LogP contribution in [0.2, 0.25) is 0 Å². The summed E-state index contributed by atoms with van der Waals surface area (Å²) in [7, 11) is 0. The van der Waals surface area contributed by atoms with Crippen LogP contribution in [0.5, 0.6) is 0 Å². The first-order valence-corrected chi connectivity index (χ1v) is 8.51. The molecule has 2 amide bonds. The van der Waals surface area contributed by atoms with Crippen LogP contribution >= 0.6 is 0 Å². The fourth-order valence-corrected chi connectivity index (χ4v) is 3.06. The number of aliphatic hydroxyl groups excluding tert-OH is 1. The molecule has 2 aromatic rings. The molecule has 2 atom stereocenters. The van der Waals surface area contributed by atoms with Gasteiger partial charge in [-0.15, -0.1) is 0 Å². The van der Waals surface area contributed by atoms with Crippen molar-refractivity contribution >= 4 is 17.5 Å². The first-order chi connectivity index (χ1) is 12.1. The predicted octanol–water partition coefficient (Wildman–Crippen LogP) is 2.28. The minimum Gasteiger partial charge on any atom is -0.388 e. The highest BCUT2D eigenvalue weighted by Gasteiger charge is 2.34. The number of aliphatic hydroxyl groups is 1. The number of amides is 2. The molecule has 0 aromatic heterocycles. The highest BCUT2D eigenvalue weighted by molar-refractivity contribution is 6.00. The van der Waals surface area contributed by atoms with Gasteiger partial charge in [0.05, 0.1) is 12.0 Å². The highest BCUT2D eigenvalue weighted by Crippen LogP contribution is 2.25. The molecule has 0 saturated carbocycles. The van der Waals surface area contributed by atoms with Crippen LogP contribution in [0.15, 0.2) is 60.7 Å². The molecule has 130 valence electrons. The Labute approximate surface area is 147 Å². The smallest absolute Gasteiger partial charge is 0.227 e. The third-order valence-electron chi connectivity index (χ3n) is 4.47. The van der Waals surface area contributed by atoms with Gasteiger partial charge >= 0.3 is 0 Å². The van der Waals surface area contributed by atoms with Gasteiger partial charge in [-0.05, 0) is 24.1 Å². The summed E-state index contributed by atoms with van der Waals surface area (Å²) in [5.41, 5.74) is 1.66. The van der Waals surface area contributed by atoms with E-state index in [9.17, 15) is 14.7 Å². The van der Waals surface area contributed by atoms with Crippen molar-refractivity contribution in [1.82, 2.24) is 5.32 Å². The van der Waals surface area contributed by atoms with Gasteiger partial charge in [0, 0.05) is 25.2 Å². The average molecular weight is 338 g/mol. The zero-order valence-corrected chi connectivity index (χ0v) is 14.0. The van der Waals surface area contributed by atoms with Gasteiger partial charge in [0.1, 0.15) is 0 Å². The van der Waals surface area contributed by atoms with Gasteiger partial charge in [-0.3, -0.25) is 9.59 Å². The number of hydrogen-bond donors (Lipinski definition) is 2. The van der Waals surface area contributed by atoms with Crippen LogP contribution in [0.1, 0.15) is 24.5 Å². The van der Waals surface area contributed by atoms with Crippen LogP contribution in [0.3, 0.4) is 0 Å². The third-order valence-corrected chi connectivity index (χ3v) is 4.47. The Kier molecular flexibility index (Phi) is 5.46. The number of nitrogens with one attached hydrogen (secondary N) is 1. The summed E-state index contributed by atoms with van der Waals surface area (Å²) in [6, 6.07) is 18.8. The quantitative estimate of drug-likeness (QED) is 0.849. The molecule has 1 fully saturated rings. The van der Waals surface area contributed by atoms with Crippen molar-refractivity contribution in [2.45, 2.75) is 18.9 Å². The van der Waals surface area contributed by atoms with Gasteiger partial charge in [0.25, 0.3) is 0 Å². The molecule has 5 heteroatoms. The van der Waals surface area contributed by atoms with Crippen molar-refractivity contribution in [3.8, 4) is 0 Å². The molecule has 1 aliphatic rings. The molecule has 3 rings (SSSR count). The molecule has 0 radical (unpaired) electrons. The molecule has 0 bridgehead atoms. The van der Waals surface area contributed by atoms with E-state index >= 15 is 0 Å². The SMILES string of the molecule is O=C(NCCC(O)c1ccccc1)C1CC(=O)N(c2ccccc2)C1. The summed E-state index contributed by atoms with van der Waals surface area (Å²) in [6.45, 7) is 0.779. The molecule has 0 aliphatic carbocycles. The molecule has 1 heterocycles. The second kappa shape index (κ2) is 7.94. The van der Waals surface area contributed by atoms with Gasteiger partial charge in [0.2, 0.25) is 11.8 Å². The Morgan fingerprint density at radius 2 is 1.76 bits per heavy atom. The van der Waals surface area contributed by atoms with Crippen LogP contribution in [-0.2, 0) is 9.59 Å². The van der Waals surface area contributed by atoms with Gasteiger partial charge in [0.15, 0.2) is 0 Å². The van der Waals surface area contributed by atoms with Crippen molar-refractivity contribution < 1.29 is 14.7 Å². The molecule has 1 aliphatic heterocycles. The van der Waals surface area contributed by atoms with E-state index in [-0.39, 0.29) is 24.2 Å². The normalized spacial score (nSPS) is 18.2. The molecular weight excluding hydrogens is 316 g/mol. The highest BCUT2D eigenvalue weighted by atomic mass is 16.3. The molecule has 5 nitrogen and oxygen atoms in total. The zero-order valence-electron chi connectivity index (χ0n) is 14.0. The Bertz CT molecular complexity index is 718. The molecule has 2 N–H and O–H groups in total. The van der Waals surface area contributed by atoms with E-state index in [0.717, 1.165) is 11.3 Å². The monoisotopic (exact) mass is 338 g/mol. The molecular formula is C20H22N2O3. The van der Waals surface area contributed by atoms with Crippen LogP contribution in [0.4, 0.5) is 5.69 Å². The number of rotatable bonds is 6. The zero-order chi connectivity index (χ0) is 17.6. The van der Waals surface area contributed by atoms with Crippen LogP contribution in [0, 0.1) is 5.92 Å².